The van der Waals surface area contributed by atoms with Crippen LogP contribution in [0.2, 0.25) is 0 Å². The number of aryl methyl sites for hydroxylation is 1. The molecule has 5 heterocycles. The fourth-order valence-corrected chi connectivity index (χ4v) is 4.95. The number of rotatable bonds is 3. The van der Waals surface area contributed by atoms with Gasteiger partial charge in [0.1, 0.15) is 29.2 Å². The van der Waals surface area contributed by atoms with Crippen molar-refractivity contribution in [3.8, 4) is 23.0 Å². The molecule has 2 aliphatic rings. The number of amides is 1. The summed E-state index contributed by atoms with van der Waals surface area (Å²) < 4.78 is 10.4. The third-order valence-electron chi connectivity index (χ3n) is 6.50. The molecule has 34 heavy (non-hydrogen) atoms. The SMILES string of the molecule is Cc1ncn2c1C(C)(C)Oc1cc3c(cc1-2)C(=O)N(c1cccc(-c2nncn2C(C)C)n1)C3. The maximum atomic E-state index is 13.5. The van der Waals surface area contributed by atoms with Crippen LogP contribution in [0.15, 0.2) is 43.0 Å². The lowest BCUT2D eigenvalue weighted by atomic mass is 9.99. The lowest BCUT2D eigenvalue weighted by Gasteiger charge is -2.34. The molecule has 0 radical (unpaired) electrons. The van der Waals surface area contributed by atoms with Gasteiger partial charge in [-0.3, -0.25) is 14.3 Å². The first-order valence-corrected chi connectivity index (χ1v) is 11.3. The average molecular weight is 456 g/mol. The number of ether oxygens (including phenoxy) is 1. The lowest BCUT2D eigenvalue weighted by molar-refractivity contribution is 0.0915. The van der Waals surface area contributed by atoms with Crippen LogP contribution in [-0.2, 0) is 12.1 Å². The van der Waals surface area contributed by atoms with Gasteiger partial charge in [-0.05, 0) is 64.4 Å². The van der Waals surface area contributed by atoms with Gasteiger partial charge in [0.05, 0.1) is 29.9 Å². The number of pyridine rings is 1. The largest absolute Gasteiger partial charge is 0.479 e. The molecule has 1 amide bonds. The van der Waals surface area contributed by atoms with E-state index in [-0.39, 0.29) is 11.9 Å². The van der Waals surface area contributed by atoms with Crippen LogP contribution in [0.25, 0.3) is 17.2 Å². The second kappa shape index (κ2) is 6.99. The number of nitrogens with zero attached hydrogens (tertiary/aromatic N) is 7. The maximum absolute atomic E-state index is 13.5. The van der Waals surface area contributed by atoms with Crippen LogP contribution in [0.4, 0.5) is 5.82 Å². The quantitative estimate of drug-likeness (QED) is 0.460. The molecule has 0 atom stereocenters. The van der Waals surface area contributed by atoms with Gasteiger partial charge in [-0.25, -0.2) is 9.97 Å². The maximum Gasteiger partial charge on any atom is 0.260 e. The average Bonchev–Trinajstić information content (AvgIpc) is 3.51. The third-order valence-corrected chi connectivity index (χ3v) is 6.50. The van der Waals surface area contributed by atoms with Gasteiger partial charge in [-0.1, -0.05) is 6.07 Å². The van der Waals surface area contributed by atoms with E-state index >= 15 is 0 Å². The zero-order valence-electron chi connectivity index (χ0n) is 19.8. The molecule has 0 aliphatic carbocycles. The van der Waals surface area contributed by atoms with Crippen molar-refractivity contribution in [2.24, 2.45) is 0 Å². The normalized spacial score (nSPS) is 15.8. The summed E-state index contributed by atoms with van der Waals surface area (Å²) in [6.45, 7) is 10.6. The zero-order chi connectivity index (χ0) is 23.8. The molecule has 0 saturated heterocycles. The second-order valence-corrected chi connectivity index (χ2v) is 9.57. The van der Waals surface area contributed by atoms with Gasteiger partial charge in [0.2, 0.25) is 0 Å². The van der Waals surface area contributed by atoms with Crippen molar-refractivity contribution in [1.29, 1.82) is 0 Å². The van der Waals surface area contributed by atoms with Gasteiger partial charge in [-0.2, -0.15) is 0 Å². The Morgan fingerprint density at radius 2 is 1.97 bits per heavy atom. The van der Waals surface area contributed by atoms with E-state index in [1.54, 1.807) is 17.6 Å². The van der Waals surface area contributed by atoms with Crippen LogP contribution in [0, 0.1) is 6.92 Å². The van der Waals surface area contributed by atoms with Crippen LogP contribution in [0.1, 0.15) is 61.0 Å². The molecule has 9 nitrogen and oxygen atoms in total. The fourth-order valence-electron chi connectivity index (χ4n) is 4.95. The molecule has 0 saturated carbocycles. The van der Waals surface area contributed by atoms with Crippen molar-refractivity contribution in [1.82, 2.24) is 29.3 Å². The van der Waals surface area contributed by atoms with Gasteiger partial charge in [0, 0.05) is 11.6 Å². The van der Waals surface area contributed by atoms with Gasteiger partial charge < -0.3 is 9.30 Å². The summed E-state index contributed by atoms with van der Waals surface area (Å²) in [6.07, 6.45) is 3.50. The van der Waals surface area contributed by atoms with Crippen LogP contribution < -0.4 is 9.64 Å². The molecular weight excluding hydrogens is 430 g/mol. The second-order valence-electron chi connectivity index (χ2n) is 9.57. The Balaban J connectivity index is 1.39. The summed E-state index contributed by atoms with van der Waals surface area (Å²) in [7, 11) is 0. The molecule has 172 valence electrons. The topological polar surface area (TPSA) is 91.0 Å². The highest BCUT2D eigenvalue weighted by Crippen LogP contribution is 2.43. The summed E-state index contributed by atoms with van der Waals surface area (Å²) in [4.78, 5) is 24.4. The predicted octanol–water partition coefficient (Wildman–Crippen LogP) is 4.20. The monoisotopic (exact) mass is 455 g/mol. The highest BCUT2D eigenvalue weighted by molar-refractivity contribution is 6.10. The van der Waals surface area contributed by atoms with E-state index in [0.717, 1.165) is 28.4 Å². The van der Waals surface area contributed by atoms with Gasteiger partial charge >= 0.3 is 0 Å². The van der Waals surface area contributed by atoms with Crippen molar-refractivity contribution in [3.05, 3.63) is 65.5 Å². The minimum absolute atomic E-state index is 0.0870. The van der Waals surface area contributed by atoms with Gasteiger partial charge in [-0.15, -0.1) is 10.2 Å². The number of hydrogen-bond acceptors (Lipinski definition) is 6. The molecular formula is C25H25N7O2. The minimum atomic E-state index is -0.521. The van der Waals surface area contributed by atoms with E-state index in [2.05, 4.69) is 29.0 Å². The Morgan fingerprint density at radius 3 is 2.76 bits per heavy atom. The smallest absolute Gasteiger partial charge is 0.260 e. The van der Waals surface area contributed by atoms with Crippen molar-refractivity contribution >= 4 is 11.7 Å². The highest BCUT2D eigenvalue weighted by atomic mass is 16.5. The predicted molar refractivity (Wildman–Crippen MR) is 126 cm³/mol. The molecule has 0 N–H and O–H groups in total. The van der Waals surface area contributed by atoms with E-state index in [1.165, 1.54) is 0 Å². The zero-order valence-corrected chi connectivity index (χ0v) is 19.8. The molecule has 0 bridgehead atoms. The molecule has 9 heteroatoms. The number of aromatic nitrogens is 6. The molecule has 3 aromatic heterocycles. The van der Waals surface area contributed by atoms with Crippen LogP contribution in [-0.4, -0.2) is 35.2 Å². The number of hydrogen-bond donors (Lipinski definition) is 0. The van der Waals surface area contributed by atoms with Crippen LogP contribution in [0.5, 0.6) is 5.75 Å². The van der Waals surface area contributed by atoms with Crippen molar-refractivity contribution < 1.29 is 9.53 Å². The first kappa shape index (κ1) is 20.6. The summed E-state index contributed by atoms with van der Waals surface area (Å²) in [5.74, 6) is 1.91. The van der Waals surface area contributed by atoms with Crippen molar-refractivity contribution in [2.45, 2.75) is 52.8 Å². The Bertz CT molecular complexity index is 1460. The molecule has 0 fully saturated rings. The van der Waals surface area contributed by atoms with Gasteiger partial charge in [0.15, 0.2) is 5.82 Å². The van der Waals surface area contributed by atoms with Crippen molar-refractivity contribution in [3.63, 3.8) is 0 Å². The van der Waals surface area contributed by atoms with Gasteiger partial charge in [0.25, 0.3) is 5.91 Å². The first-order chi connectivity index (χ1) is 16.2. The van der Waals surface area contributed by atoms with E-state index in [1.807, 2.05) is 60.2 Å². The first-order valence-electron chi connectivity index (χ1n) is 11.3. The Hall–Kier alpha value is -4.01. The third kappa shape index (κ3) is 2.89. The van der Waals surface area contributed by atoms with E-state index in [4.69, 9.17) is 9.72 Å². The van der Waals surface area contributed by atoms with E-state index < -0.39 is 5.60 Å². The molecule has 6 rings (SSSR count). The Labute approximate surface area is 197 Å². The summed E-state index contributed by atoms with van der Waals surface area (Å²) >= 11 is 0. The lowest BCUT2D eigenvalue weighted by Crippen LogP contribution is -2.33. The number of anilines is 1. The summed E-state index contributed by atoms with van der Waals surface area (Å²) in [5, 5.41) is 8.29. The molecule has 4 aromatic rings. The standard InChI is InChI=1S/C25H25N7O2/c1-14(2)31-13-27-29-23(31)18-7-6-8-21(28-18)30-11-16-9-20-19(10-17(16)24(30)33)32-12-26-15(3)22(32)25(4,5)34-20/h6-10,12-14H,11H2,1-5H3. The highest BCUT2D eigenvalue weighted by Gasteiger charge is 2.38. The summed E-state index contributed by atoms with van der Waals surface area (Å²) in [6, 6.07) is 9.70. The minimum Gasteiger partial charge on any atom is -0.479 e. The number of carbonyl (C=O) groups is 1. The Kier molecular flexibility index (Phi) is 4.23. The number of imidazole rings is 1. The molecule has 1 aromatic carbocycles. The van der Waals surface area contributed by atoms with Crippen LogP contribution in [0.3, 0.4) is 0 Å². The molecule has 0 unspecified atom stereocenters. The number of fused-ring (bicyclic) bond motifs is 4. The Morgan fingerprint density at radius 1 is 1.15 bits per heavy atom. The summed E-state index contributed by atoms with van der Waals surface area (Å²) in [5.41, 5.74) is 4.46. The van der Waals surface area contributed by atoms with Crippen molar-refractivity contribution in [2.75, 3.05) is 4.90 Å². The number of carbonyl (C=O) groups excluding carboxylic acids is 1. The fraction of sp³-hybridized carbons (Fsp3) is 0.320. The van der Waals surface area contributed by atoms with E-state index in [0.29, 0.717) is 29.4 Å². The molecule has 2 aliphatic heterocycles. The van der Waals surface area contributed by atoms with Crippen LogP contribution >= 0.6 is 0 Å². The molecule has 0 spiro atoms. The van der Waals surface area contributed by atoms with E-state index in [9.17, 15) is 4.79 Å². The number of benzene rings is 1.